The first-order valence-electron chi connectivity index (χ1n) is 5.37. The third-order valence-electron chi connectivity index (χ3n) is 2.36. The Kier molecular flexibility index (Phi) is 3.52. The highest BCUT2D eigenvalue weighted by Crippen LogP contribution is 2.03. The summed E-state index contributed by atoms with van der Waals surface area (Å²) in [6, 6.07) is 10.3. The van der Waals surface area contributed by atoms with Crippen LogP contribution in [-0.4, -0.2) is 10.9 Å². The van der Waals surface area contributed by atoms with Crippen LogP contribution in [0.3, 0.4) is 0 Å². The van der Waals surface area contributed by atoms with Gasteiger partial charge < -0.3 is 10.3 Å². The molecule has 0 aliphatic rings. The second-order valence-electron chi connectivity index (χ2n) is 3.74. The van der Waals surface area contributed by atoms with E-state index in [1.807, 2.05) is 0 Å². The van der Waals surface area contributed by atoms with E-state index < -0.39 is 5.91 Å². The Morgan fingerprint density at radius 3 is 2.72 bits per heavy atom. The number of carbonyl (C=O) groups is 1. The van der Waals surface area contributed by atoms with Crippen molar-refractivity contribution in [2.24, 2.45) is 0 Å². The smallest absolute Gasteiger partial charge is 0.268 e. The predicted molar refractivity (Wildman–Crippen MR) is 64.6 cm³/mol. The highest BCUT2D eigenvalue weighted by molar-refractivity contribution is 5.92. The van der Waals surface area contributed by atoms with Gasteiger partial charge in [0, 0.05) is 12.6 Å². The zero-order chi connectivity index (χ0) is 13.0. The Labute approximate surface area is 102 Å². The van der Waals surface area contributed by atoms with Crippen molar-refractivity contribution < 1.29 is 9.18 Å². The number of carbonyl (C=O) groups excluding carboxylic acids is 1. The molecule has 1 aromatic carbocycles. The molecular formula is C13H11FN2O2. The molecule has 92 valence electrons. The van der Waals surface area contributed by atoms with Gasteiger partial charge in [0.2, 0.25) is 5.56 Å². The van der Waals surface area contributed by atoms with Gasteiger partial charge in [-0.3, -0.25) is 9.59 Å². The summed E-state index contributed by atoms with van der Waals surface area (Å²) in [7, 11) is 0. The van der Waals surface area contributed by atoms with E-state index in [9.17, 15) is 14.0 Å². The highest BCUT2D eigenvalue weighted by atomic mass is 19.1. The number of amides is 1. The van der Waals surface area contributed by atoms with Crippen molar-refractivity contribution in [3.05, 3.63) is 69.9 Å². The molecule has 0 aliphatic heterocycles. The number of benzene rings is 1. The molecule has 1 heterocycles. The average Bonchev–Trinajstić information content (AvgIpc) is 2.36. The summed E-state index contributed by atoms with van der Waals surface area (Å²) in [6.07, 6.45) is 0. The van der Waals surface area contributed by atoms with Gasteiger partial charge >= 0.3 is 0 Å². The van der Waals surface area contributed by atoms with Gasteiger partial charge in [-0.15, -0.1) is 0 Å². The van der Waals surface area contributed by atoms with E-state index in [0.717, 1.165) is 0 Å². The molecule has 1 amide bonds. The minimum atomic E-state index is -0.406. The van der Waals surface area contributed by atoms with Crippen LogP contribution < -0.4 is 10.9 Å². The molecule has 2 aromatic rings. The molecule has 0 bridgehead atoms. The second-order valence-corrected chi connectivity index (χ2v) is 3.74. The van der Waals surface area contributed by atoms with Crippen LogP contribution in [0.2, 0.25) is 0 Å². The lowest BCUT2D eigenvalue weighted by Crippen LogP contribution is -2.25. The highest BCUT2D eigenvalue weighted by Gasteiger charge is 2.05. The van der Waals surface area contributed by atoms with Crippen molar-refractivity contribution in [1.29, 1.82) is 0 Å². The number of rotatable bonds is 3. The number of hydrogen-bond acceptors (Lipinski definition) is 2. The zero-order valence-electron chi connectivity index (χ0n) is 9.44. The van der Waals surface area contributed by atoms with E-state index in [0.29, 0.717) is 5.56 Å². The van der Waals surface area contributed by atoms with Crippen molar-refractivity contribution in [2.45, 2.75) is 6.54 Å². The van der Waals surface area contributed by atoms with Gasteiger partial charge in [0.25, 0.3) is 5.91 Å². The Hall–Kier alpha value is -2.43. The fourth-order valence-electron chi connectivity index (χ4n) is 1.50. The molecule has 18 heavy (non-hydrogen) atoms. The topological polar surface area (TPSA) is 62.0 Å². The maximum Gasteiger partial charge on any atom is 0.268 e. The molecule has 1 aromatic heterocycles. The quantitative estimate of drug-likeness (QED) is 0.860. The summed E-state index contributed by atoms with van der Waals surface area (Å²) in [5.74, 6) is -0.758. The van der Waals surface area contributed by atoms with Crippen molar-refractivity contribution in [3.63, 3.8) is 0 Å². The summed E-state index contributed by atoms with van der Waals surface area (Å²) >= 11 is 0. The normalized spacial score (nSPS) is 10.1. The molecule has 0 spiro atoms. The molecule has 2 N–H and O–H groups in total. The lowest BCUT2D eigenvalue weighted by atomic mass is 10.2. The lowest BCUT2D eigenvalue weighted by molar-refractivity contribution is 0.0945. The van der Waals surface area contributed by atoms with E-state index in [1.165, 1.54) is 30.3 Å². The molecule has 2 rings (SSSR count). The van der Waals surface area contributed by atoms with Crippen LogP contribution in [0.1, 0.15) is 16.1 Å². The SMILES string of the molecule is O=C(NCc1cccc(F)c1)c1cccc(=O)[nH]1. The van der Waals surface area contributed by atoms with Gasteiger partial charge in [-0.05, 0) is 23.8 Å². The fraction of sp³-hybridized carbons (Fsp3) is 0.0769. The maximum absolute atomic E-state index is 12.9. The molecule has 0 aliphatic carbocycles. The third kappa shape index (κ3) is 3.04. The first kappa shape index (κ1) is 12.0. The third-order valence-corrected chi connectivity index (χ3v) is 2.36. The first-order chi connectivity index (χ1) is 8.65. The number of halogens is 1. The Morgan fingerprint density at radius 1 is 1.22 bits per heavy atom. The van der Waals surface area contributed by atoms with Crippen LogP contribution in [0.15, 0.2) is 47.3 Å². The van der Waals surface area contributed by atoms with Crippen LogP contribution in [0, 0.1) is 5.82 Å². The minimum Gasteiger partial charge on any atom is -0.347 e. The summed E-state index contributed by atoms with van der Waals surface area (Å²) in [6.45, 7) is 0.202. The summed E-state index contributed by atoms with van der Waals surface area (Å²) < 4.78 is 12.9. The predicted octanol–water partition coefficient (Wildman–Crippen LogP) is 1.44. The lowest BCUT2D eigenvalue weighted by Gasteiger charge is -2.05. The van der Waals surface area contributed by atoms with E-state index in [1.54, 1.807) is 12.1 Å². The summed E-state index contributed by atoms with van der Waals surface area (Å²) in [5, 5.41) is 2.59. The molecule has 5 heteroatoms. The number of H-pyrrole nitrogens is 1. The first-order valence-corrected chi connectivity index (χ1v) is 5.37. The molecule has 0 saturated carbocycles. The minimum absolute atomic E-state index is 0.180. The van der Waals surface area contributed by atoms with Gasteiger partial charge in [-0.1, -0.05) is 18.2 Å². The van der Waals surface area contributed by atoms with Crippen LogP contribution in [0.25, 0.3) is 0 Å². The number of nitrogens with one attached hydrogen (secondary N) is 2. The fourth-order valence-corrected chi connectivity index (χ4v) is 1.50. The number of hydrogen-bond donors (Lipinski definition) is 2. The summed E-state index contributed by atoms with van der Waals surface area (Å²) in [5.41, 5.74) is 0.494. The average molecular weight is 246 g/mol. The second kappa shape index (κ2) is 5.27. The van der Waals surface area contributed by atoms with Crippen LogP contribution in [0.5, 0.6) is 0 Å². The molecular weight excluding hydrogens is 235 g/mol. The van der Waals surface area contributed by atoms with E-state index in [2.05, 4.69) is 10.3 Å². The molecule has 0 fully saturated rings. The van der Waals surface area contributed by atoms with Crippen molar-refractivity contribution in [3.8, 4) is 0 Å². The van der Waals surface area contributed by atoms with Crippen LogP contribution in [-0.2, 0) is 6.54 Å². The van der Waals surface area contributed by atoms with E-state index in [-0.39, 0.29) is 23.6 Å². The van der Waals surface area contributed by atoms with Gasteiger partial charge in [0.1, 0.15) is 11.5 Å². The van der Waals surface area contributed by atoms with Crippen LogP contribution >= 0.6 is 0 Å². The molecule has 0 saturated heterocycles. The van der Waals surface area contributed by atoms with Crippen molar-refractivity contribution in [2.75, 3.05) is 0 Å². The zero-order valence-corrected chi connectivity index (χ0v) is 9.44. The van der Waals surface area contributed by atoms with Gasteiger partial charge in [0.15, 0.2) is 0 Å². The largest absolute Gasteiger partial charge is 0.347 e. The van der Waals surface area contributed by atoms with Crippen molar-refractivity contribution >= 4 is 5.91 Å². The monoisotopic (exact) mass is 246 g/mol. The van der Waals surface area contributed by atoms with Gasteiger partial charge in [-0.2, -0.15) is 0 Å². The number of pyridine rings is 1. The van der Waals surface area contributed by atoms with Gasteiger partial charge in [0.05, 0.1) is 0 Å². The molecule has 0 unspecified atom stereocenters. The number of aromatic amines is 1. The number of aromatic nitrogens is 1. The van der Waals surface area contributed by atoms with E-state index >= 15 is 0 Å². The Morgan fingerprint density at radius 2 is 2.00 bits per heavy atom. The van der Waals surface area contributed by atoms with E-state index in [4.69, 9.17) is 0 Å². The van der Waals surface area contributed by atoms with Crippen molar-refractivity contribution in [1.82, 2.24) is 10.3 Å². The van der Waals surface area contributed by atoms with Gasteiger partial charge in [-0.25, -0.2) is 4.39 Å². The maximum atomic E-state index is 12.9. The van der Waals surface area contributed by atoms with Crippen LogP contribution in [0.4, 0.5) is 4.39 Å². The summed E-state index contributed by atoms with van der Waals surface area (Å²) in [4.78, 5) is 25.1. The molecule has 0 atom stereocenters. The standard InChI is InChI=1S/C13H11FN2O2/c14-10-4-1-3-9(7-10)8-15-13(18)11-5-2-6-12(17)16-11/h1-7H,8H2,(H,15,18)(H,16,17). The Bertz CT molecular complexity index is 622. The molecule has 4 nitrogen and oxygen atoms in total. The molecule has 0 radical (unpaired) electrons. The Balaban J connectivity index is 2.03.